The number of aryl methyl sites for hydroxylation is 1. The van der Waals surface area contributed by atoms with Crippen LogP contribution in [0.2, 0.25) is 0 Å². The Kier molecular flexibility index (Phi) is 7.25. The second-order valence-corrected chi connectivity index (χ2v) is 5.13. The molecule has 0 heterocycles. The number of rotatable bonds is 7. The van der Waals surface area contributed by atoms with E-state index < -0.39 is 0 Å². The maximum absolute atomic E-state index is 5.84. The lowest BCUT2D eigenvalue weighted by atomic mass is 10.1. The van der Waals surface area contributed by atoms with E-state index in [1.807, 2.05) is 19.1 Å². The molecule has 0 aromatic heterocycles. The van der Waals surface area contributed by atoms with E-state index in [9.17, 15) is 0 Å². The minimum absolute atomic E-state index is 0.566. The van der Waals surface area contributed by atoms with Crippen molar-refractivity contribution < 1.29 is 14.2 Å². The number of benzene rings is 1. The van der Waals surface area contributed by atoms with Crippen LogP contribution < -0.4 is 15.2 Å². The third-order valence-corrected chi connectivity index (χ3v) is 3.66. The van der Waals surface area contributed by atoms with Crippen molar-refractivity contribution in [3.05, 3.63) is 23.3 Å². The monoisotopic (exact) mass is 298 g/mol. The molecule has 0 bridgehead atoms. The van der Waals surface area contributed by atoms with E-state index in [2.05, 4.69) is 4.99 Å². The first-order valence-corrected chi connectivity index (χ1v) is 7.24. The summed E-state index contributed by atoms with van der Waals surface area (Å²) in [5.41, 5.74) is 8.13. The van der Waals surface area contributed by atoms with Gasteiger partial charge >= 0.3 is 0 Å². The first-order valence-electron chi connectivity index (χ1n) is 6.25. The van der Waals surface area contributed by atoms with Gasteiger partial charge in [0.05, 0.1) is 27.4 Å². The smallest absolute Gasteiger partial charge is 0.161 e. The van der Waals surface area contributed by atoms with Gasteiger partial charge in [0.25, 0.3) is 0 Å². The quantitative estimate of drug-likeness (QED) is 0.475. The maximum atomic E-state index is 5.84. The highest BCUT2D eigenvalue weighted by molar-refractivity contribution is 8.13. The molecule has 6 heteroatoms. The Hall–Kier alpha value is -1.40. The molecule has 1 rings (SSSR count). The van der Waals surface area contributed by atoms with Crippen molar-refractivity contribution in [2.45, 2.75) is 12.7 Å². The number of amidine groups is 1. The van der Waals surface area contributed by atoms with E-state index in [0.717, 1.165) is 28.4 Å². The van der Waals surface area contributed by atoms with Gasteiger partial charge in [-0.2, -0.15) is 0 Å². The molecular weight excluding hydrogens is 276 g/mol. The van der Waals surface area contributed by atoms with Crippen molar-refractivity contribution in [2.24, 2.45) is 10.7 Å². The normalized spacial score (nSPS) is 11.5. The Labute approximate surface area is 124 Å². The molecule has 0 amide bonds. The van der Waals surface area contributed by atoms with Crippen LogP contribution in [0.1, 0.15) is 11.1 Å². The number of thioether (sulfide) groups is 1. The van der Waals surface area contributed by atoms with Gasteiger partial charge in [-0.25, -0.2) is 0 Å². The molecule has 0 unspecified atom stereocenters. The molecule has 2 N–H and O–H groups in total. The van der Waals surface area contributed by atoms with Gasteiger partial charge in [-0.1, -0.05) is 11.8 Å². The molecule has 0 aliphatic heterocycles. The van der Waals surface area contributed by atoms with Gasteiger partial charge in [-0.3, -0.25) is 4.99 Å². The minimum atomic E-state index is 0.566. The lowest BCUT2D eigenvalue weighted by molar-refractivity contribution is 0.208. The highest BCUT2D eigenvalue weighted by Gasteiger charge is 2.09. The molecular formula is C14H22N2O3S. The molecule has 0 fully saturated rings. The van der Waals surface area contributed by atoms with Crippen LogP contribution in [0.15, 0.2) is 17.1 Å². The van der Waals surface area contributed by atoms with Crippen molar-refractivity contribution in [3.8, 4) is 11.5 Å². The van der Waals surface area contributed by atoms with Gasteiger partial charge in [-0.15, -0.1) is 0 Å². The van der Waals surface area contributed by atoms with Crippen molar-refractivity contribution in [1.82, 2.24) is 0 Å². The van der Waals surface area contributed by atoms with Crippen molar-refractivity contribution in [1.29, 1.82) is 0 Å². The summed E-state index contributed by atoms with van der Waals surface area (Å²) >= 11 is 1.50. The zero-order valence-corrected chi connectivity index (χ0v) is 13.3. The number of hydrogen-bond donors (Lipinski definition) is 1. The average Bonchev–Trinajstić information content (AvgIpc) is 2.45. The predicted octanol–water partition coefficient (Wildman–Crippen LogP) is 2.21. The topological polar surface area (TPSA) is 66.1 Å². The highest BCUT2D eigenvalue weighted by Crippen LogP contribution is 2.31. The van der Waals surface area contributed by atoms with Crippen molar-refractivity contribution in [2.75, 3.05) is 34.5 Å². The van der Waals surface area contributed by atoms with E-state index in [1.165, 1.54) is 11.8 Å². The Morgan fingerprint density at radius 2 is 1.85 bits per heavy atom. The molecule has 5 nitrogen and oxygen atoms in total. The van der Waals surface area contributed by atoms with E-state index in [4.69, 9.17) is 19.9 Å². The fourth-order valence-corrected chi connectivity index (χ4v) is 2.42. The lowest BCUT2D eigenvalue weighted by Gasteiger charge is -2.12. The number of hydrogen-bond acceptors (Lipinski definition) is 5. The van der Waals surface area contributed by atoms with Crippen molar-refractivity contribution in [3.63, 3.8) is 0 Å². The van der Waals surface area contributed by atoms with E-state index in [1.54, 1.807) is 21.3 Å². The lowest BCUT2D eigenvalue weighted by Crippen LogP contribution is -2.09. The van der Waals surface area contributed by atoms with Crippen LogP contribution in [0, 0.1) is 6.92 Å². The zero-order valence-electron chi connectivity index (χ0n) is 12.4. The van der Waals surface area contributed by atoms with Crippen molar-refractivity contribution >= 4 is 16.9 Å². The molecule has 0 atom stereocenters. The third kappa shape index (κ3) is 4.94. The SMILES string of the molecule is COCCN=C(N)SCc1cc(OC)c(OC)cc1C. The summed E-state index contributed by atoms with van der Waals surface area (Å²) in [4.78, 5) is 4.21. The summed E-state index contributed by atoms with van der Waals surface area (Å²) in [5.74, 6) is 2.21. The second kappa shape index (κ2) is 8.71. The van der Waals surface area contributed by atoms with Crippen LogP contribution in [-0.2, 0) is 10.5 Å². The number of ether oxygens (including phenoxy) is 3. The first-order chi connectivity index (χ1) is 9.62. The van der Waals surface area contributed by atoms with Crippen LogP contribution in [0.25, 0.3) is 0 Å². The van der Waals surface area contributed by atoms with Gasteiger partial charge in [-0.05, 0) is 30.2 Å². The summed E-state index contributed by atoms with van der Waals surface area (Å²) in [6.07, 6.45) is 0. The average molecular weight is 298 g/mol. The number of nitrogens with two attached hydrogens (primary N) is 1. The van der Waals surface area contributed by atoms with Gasteiger partial charge in [0.2, 0.25) is 0 Å². The Balaban J connectivity index is 2.70. The largest absolute Gasteiger partial charge is 0.493 e. The summed E-state index contributed by atoms with van der Waals surface area (Å²) < 4.78 is 15.5. The molecule has 0 aliphatic rings. The molecule has 0 saturated heterocycles. The standard InChI is InChI=1S/C14H22N2O3S/c1-10-7-12(18-3)13(19-4)8-11(10)9-20-14(15)16-5-6-17-2/h7-8H,5-6,9H2,1-4H3,(H2,15,16). The molecule has 0 radical (unpaired) electrons. The Morgan fingerprint density at radius 3 is 2.45 bits per heavy atom. The molecule has 20 heavy (non-hydrogen) atoms. The van der Waals surface area contributed by atoms with Crippen LogP contribution in [0.5, 0.6) is 11.5 Å². The summed E-state index contributed by atoms with van der Waals surface area (Å²) in [6.45, 7) is 3.20. The van der Waals surface area contributed by atoms with Crippen LogP contribution in [0.3, 0.4) is 0 Å². The molecule has 0 spiro atoms. The molecule has 1 aromatic carbocycles. The highest BCUT2D eigenvalue weighted by atomic mass is 32.2. The van der Waals surface area contributed by atoms with Crippen LogP contribution >= 0.6 is 11.8 Å². The minimum Gasteiger partial charge on any atom is -0.493 e. The molecule has 112 valence electrons. The number of nitrogens with zero attached hydrogens (tertiary/aromatic N) is 1. The van der Waals surface area contributed by atoms with Crippen LogP contribution in [0.4, 0.5) is 0 Å². The van der Waals surface area contributed by atoms with E-state index in [0.29, 0.717) is 18.3 Å². The number of methoxy groups -OCH3 is 3. The molecule has 0 saturated carbocycles. The fraction of sp³-hybridized carbons (Fsp3) is 0.500. The van der Waals surface area contributed by atoms with E-state index >= 15 is 0 Å². The van der Waals surface area contributed by atoms with E-state index in [-0.39, 0.29) is 0 Å². The Bertz CT molecular complexity index is 464. The summed E-state index contributed by atoms with van der Waals surface area (Å²) in [5, 5.41) is 0.566. The summed E-state index contributed by atoms with van der Waals surface area (Å²) in [7, 11) is 4.91. The summed E-state index contributed by atoms with van der Waals surface area (Å²) in [6, 6.07) is 3.94. The van der Waals surface area contributed by atoms with Gasteiger partial charge in [0, 0.05) is 12.9 Å². The Morgan fingerprint density at radius 1 is 1.20 bits per heavy atom. The van der Waals surface area contributed by atoms with Gasteiger partial charge in [0.1, 0.15) is 0 Å². The van der Waals surface area contributed by atoms with Gasteiger partial charge < -0.3 is 19.9 Å². The maximum Gasteiger partial charge on any atom is 0.161 e. The first kappa shape index (κ1) is 16.7. The van der Waals surface area contributed by atoms with Crippen LogP contribution in [-0.4, -0.2) is 39.6 Å². The number of aliphatic imine (C=N–C) groups is 1. The van der Waals surface area contributed by atoms with Gasteiger partial charge in [0.15, 0.2) is 16.7 Å². The third-order valence-electron chi connectivity index (χ3n) is 2.78. The fourth-order valence-electron chi connectivity index (χ4n) is 1.62. The molecule has 0 aliphatic carbocycles. The predicted molar refractivity (Wildman–Crippen MR) is 83.9 cm³/mol. The zero-order chi connectivity index (χ0) is 15.0. The molecule has 1 aromatic rings. The second-order valence-electron chi connectivity index (χ2n) is 4.14.